The van der Waals surface area contributed by atoms with Crippen LogP contribution in [0, 0.1) is 11.3 Å². The van der Waals surface area contributed by atoms with Gasteiger partial charge in [0, 0.05) is 5.69 Å². The van der Waals surface area contributed by atoms with Gasteiger partial charge in [0.15, 0.2) is 0 Å². The Balaban J connectivity index is 3.42. The van der Waals surface area contributed by atoms with Gasteiger partial charge in [-0.3, -0.25) is 0 Å². The smallest absolute Gasteiger partial charge is 0.398 e. The van der Waals surface area contributed by atoms with E-state index in [4.69, 9.17) is 22.6 Å². The zero-order valence-corrected chi connectivity index (χ0v) is 7.32. The second kappa shape index (κ2) is 3.35. The molecule has 0 atom stereocenters. The van der Waals surface area contributed by atoms with E-state index in [1.807, 2.05) is 0 Å². The van der Waals surface area contributed by atoms with Crippen LogP contribution in [0.25, 0.3) is 0 Å². The molecule has 14 heavy (non-hydrogen) atoms. The normalized spacial score (nSPS) is 11.1. The van der Waals surface area contributed by atoms with Crippen LogP contribution in [-0.2, 0) is 6.18 Å². The lowest BCUT2D eigenvalue weighted by Crippen LogP contribution is -2.11. The Morgan fingerprint density at radius 2 is 2.07 bits per heavy atom. The summed E-state index contributed by atoms with van der Waals surface area (Å²) in [4.78, 5) is 3.22. The standard InChI is InChI=1S/C7H3ClF3N3/c8-6-5(7(9,10)11)4(13)1-3(2-12)14-6/h1H,(H2,13,14). The van der Waals surface area contributed by atoms with Crippen molar-refractivity contribution in [2.45, 2.75) is 6.18 Å². The number of pyridine rings is 1. The number of nitrogen functional groups attached to an aromatic ring is 1. The number of nitriles is 1. The van der Waals surface area contributed by atoms with Crippen LogP contribution >= 0.6 is 11.6 Å². The predicted octanol–water partition coefficient (Wildman–Crippen LogP) is 2.21. The minimum absolute atomic E-state index is 0.250. The third-order valence-corrected chi connectivity index (χ3v) is 1.68. The van der Waals surface area contributed by atoms with Crippen LogP contribution in [0.5, 0.6) is 0 Å². The van der Waals surface area contributed by atoms with Gasteiger partial charge in [-0.05, 0) is 6.07 Å². The molecular formula is C7H3ClF3N3. The lowest BCUT2D eigenvalue weighted by atomic mass is 10.2. The molecule has 7 heteroatoms. The molecule has 0 aliphatic heterocycles. The number of hydrogen-bond acceptors (Lipinski definition) is 3. The molecule has 1 aromatic rings. The highest BCUT2D eigenvalue weighted by Gasteiger charge is 2.36. The van der Waals surface area contributed by atoms with Crippen molar-refractivity contribution in [1.82, 2.24) is 4.98 Å². The lowest BCUT2D eigenvalue weighted by molar-refractivity contribution is -0.137. The third kappa shape index (κ3) is 1.88. The van der Waals surface area contributed by atoms with Gasteiger partial charge in [-0.1, -0.05) is 11.6 Å². The Morgan fingerprint density at radius 3 is 2.43 bits per heavy atom. The van der Waals surface area contributed by atoms with Crippen molar-refractivity contribution >= 4 is 17.3 Å². The zero-order chi connectivity index (χ0) is 10.9. The molecule has 0 bridgehead atoms. The Morgan fingerprint density at radius 1 is 1.50 bits per heavy atom. The van der Waals surface area contributed by atoms with Crippen LogP contribution in [-0.4, -0.2) is 4.98 Å². The van der Waals surface area contributed by atoms with Crippen LogP contribution < -0.4 is 5.73 Å². The van der Waals surface area contributed by atoms with E-state index in [-0.39, 0.29) is 5.69 Å². The lowest BCUT2D eigenvalue weighted by Gasteiger charge is -2.10. The Bertz CT molecular complexity index is 385. The summed E-state index contributed by atoms with van der Waals surface area (Å²) in [6.07, 6.45) is -4.66. The van der Waals surface area contributed by atoms with Crippen LogP contribution in [0.15, 0.2) is 6.07 Å². The topological polar surface area (TPSA) is 62.7 Å². The molecule has 0 aromatic carbocycles. The molecule has 0 amide bonds. The zero-order valence-electron chi connectivity index (χ0n) is 6.56. The first-order valence-corrected chi connectivity index (χ1v) is 3.67. The first kappa shape index (κ1) is 10.6. The number of anilines is 1. The number of nitrogens with zero attached hydrogens (tertiary/aromatic N) is 2. The maximum Gasteiger partial charge on any atom is 0.421 e. The minimum atomic E-state index is -4.66. The molecule has 0 spiro atoms. The summed E-state index contributed by atoms with van der Waals surface area (Å²) >= 11 is 5.24. The second-order valence-corrected chi connectivity index (χ2v) is 2.73. The van der Waals surface area contributed by atoms with Gasteiger partial charge < -0.3 is 5.73 Å². The van der Waals surface area contributed by atoms with E-state index in [0.717, 1.165) is 6.07 Å². The monoisotopic (exact) mass is 221 g/mol. The van der Waals surface area contributed by atoms with E-state index in [0.29, 0.717) is 0 Å². The van der Waals surface area contributed by atoms with E-state index in [1.165, 1.54) is 0 Å². The van der Waals surface area contributed by atoms with Crippen LogP contribution in [0.1, 0.15) is 11.3 Å². The van der Waals surface area contributed by atoms with Crippen molar-refractivity contribution in [1.29, 1.82) is 5.26 Å². The van der Waals surface area contributed by atoms with Gasteiger partial charge in [0.1, 0.15) is 22.5 Å². The Labute approximate surface area is 81.9 Å². The number of aromatic nitrogens is 1. The van der Waals surface area contributed by atoms with Crippen molar-refractivity contribution < 1.29 is 13.2 Å². The molecule has 0 fully saturated rings. The summed E-state index contributed by atoms with van der Waals surface area (Å²) in [7, 11) is 0. The fraction of sp³-hybridized carbons (Fsp3) is 0.143. The van der Waals surface area contributed by atoms with Gasteiger partial charge in [0.25, 0.3) is 0 Å². The highest BCUT2D eigenvalue weighted by atomic mass is 35.5. The van der Waals surface area contributed by atoms with E-state index in [1.54, 1.807) is 6.07 Å². The fourth-order valence-electron chi connectivity index (χ4n) is 0.870. The van der Waals surface area contributed by atoms with E-state index in [9.17, 15) is 13.2 Å². The van der Waals surface area contributed by atoms with Crippen LogP contribution in [0.4, 0.5) is 18.9 Å². The quantitative estimate of drug-likeness (QED) is 0.683. The molecule has 2 N–H and O–H groups in total. The van der Waals surface area contributed by atoms with Crippen molar-refractivity contribution in [3.8, 4) is 6.07 Å². The number of nitrogens with two attached hydrogens (primary N) is 1. The maximum atomic E-state index is 12.3. The van der Waals surface area contributed by atoms with Gasteiger partial charge in [0.05, 0.1) is 0 Å². The summed E-state index contributed by atoms with van der Waals surface area (Å²) in [5, 5.41) is 7.56. The van der Waals surface area contributed by atoms with E-state index in [2.05, 4.69) is 4.98 Å². The van der Waals surface area contributed by atoms with Crippen LogP contribution in [0.3, 0.4) is 0 Å². The summed E-state index contributed by atoms with van der Waals surface area (Å²) in [6, 6.07) is 2.37. The number of halogens is 4. The molecule has 0 saturated heterocycles. The molecule has 1 aromatic heterocycles. The molecule has 0 radical (unpaired) electrons. The van der Waals surface area contributed by atoms with Gasteiger partial charge in [0.2, 0.25) is 0 Å². The number of alkyl halides is 3. The Kier molecular flexibility index (Phi) is 2.53. The summed E-state index contributed by atoms with van der Waals surface area (Å²) in [5.74, 6) is 0. The molecule has 74 valence electrons. The van der Waals surface area contributed by atoms with Crippen molar-refractivity contribution in [3.05, 3.63) is 22.5 Å². The predicted molar refractivity (Wildman–Crippen MR) is 43.4 cm³/mol. The first-order chi connectivity index (χ1) is 6.36. The van der Waals surface area contributed by atoms with Gasteiger partial charge in [-0.25, -0.2) is 4.98 Å². The molecule has 1 heterocycles. The van der Waals surface area contributed by atoms with Crippen molar-refractivity contribution in [2.75, 3.05) is 5.73 Å². The summed E-state index contributed by atoms with van der Waals surface area (Å²) in [6.45, 7) is 0. The van der Waals surface area contributed by atoms with E-state index >= 15 is 0 Å². The van der Waals surface area contributed by atoms with Gasteiger partial charge >= 0.3 is 6.18 Å². The average molecular weight is 222 g/mol. The van der Waals surface area contributed by atoms with Gasteiger partial charge in [-0.15, -0.1) is 0 Å². The summed E-state index contributed by atoms with van der Waals surface area (Å²) in [5.41, 5.74) is 3.03. The first-order valence-electron chi connectivity index (χ1n) is 3.29. The highest BCUT2D eigenvalue weighted by molar-refractivity contribution is 6.30. The molecular weight excluding hydrogens is 219 g/mol. The molecule has 0 saturated carbocycles. The van der Waals surface area contributed by atoms with Crippen LogP contribution in [0.2, 0.25) is 5.15 Å². The van der Waals surface area contributed by atoms with Crippen molar-refractivity contribution in [2.24, 2.45) is 0 Å². The number of rotatable bonds is 0. The molecule has 1 rings (SSSR count). The molecule has 0 aliphatic rings. The Hall–Kier alpha value is -1.48. The largest absolute Gasteiger partial charge is 0.421 e. The second-order valence-electron chi connectivity index (χ2n) is 2.37. The van der Waals surface area contributed by atoms with Crippen molar-refractivity contribution in [3.63, 3.8) is 0 Å². The molecule has 3 nitrogen and oxygen atoms in total. The average Bonchev–Trinajstić information content (AvgIpc) is 1.99. The summed E-state index contributed by atoms with van der Waals surface area (Å²) < 4.78 is 36.8. The highest BCUT2D eigenvalue weighted by Crippen LogP contribution is 2.37. The SMILES string of the molecule is N#Cc1cc(N)c(C(F)(F)F)c(Cl)n1. The van der Waals surface area contributed by atoms with E-state index < -0.39 is 22.6 Å². The van der Waals surface area contributed by atoms with Gasteiger partial charge in [-0.2, -0.15) is 18.4 Å². The number of hydrogen-bond donors (Lipinski definition) is 1. The molecule has 0 unspecified atom stereocenters. The maximum absolute atomic E-state index is 12.3. The fourth-order valence-corrected chi connectivity index (χ4v) is 1.18. The molecule has 0 aliphatic carbocycles. The minimum Gasteiger partial charge on any atom is -0.398 e. The third-order valence-electron chi connectivity index (χ3n) is 1.40.